The molecule has 0 atom stereocenters. The van der Waals surface area contributed by atoms with Crippen LogP contribution in [0.5, 0.6) is 0 Å². The maximum atomic E-state index is 13.0. The monoisotopic (exact) mass is 350 g/mol. The van der Waals surface area contributed by atoms with E-state index >= 15 is 0 Å². The predicted octanol–water partition coefficient (Wildman–Crippen LogP) is 1.54. The van der Waals surface area contributed by atoms with Crippen molar-refractivity contribution in [2.24, 2.45) is 12.0 Å². The van der Waals surface area contributed by atoms with E-state index in [2.05, 4.69) is 27.5 Å². The molecular weight excluding hydrogens is 328 g/mol. The van der Waals surface area contributed by atoms with Crippen molar-refractivity contribution in [3.8, 4) is 6.07 Å². The van der Waals surface area contributed by atoms with Gasteiger partial charge in [0.1, 0.15) is 0 Å². The molecule has 0 bridgehead atoms. The maximum Gasteiger partial charge on any atom is 0.333 e. The summed E-state index contributed by atoms with van der Waals surface area (Å²) in [4.78, 5) is 23.9. The molecule has 1 aromatic carbocycles. The number of piperidine rings is 1. The molecule has 3 rings (SSSR count). The smallest absolute Gasteiger partial charge is 0.333 e. The molecule has 7 heteroatoms. The summed E-state index contributed by atoms with van der Waals surface area (Å²) < 4.78 is 3.04. The Kier molecular flexibility index (Phi) is 5.32. The van der Waals surface area contributed by atoms with Crippen LogP contribution < -0.4 is 16.2 Å². The first kappa shape index (κ1) is 17.7. The minimum Gasteiger partial charge on any atom is -0.342 e. The van der Waals surface area contributed by atoms with Crippen LogP contribution in [0.1, 0.15) is 30.4 Å². The Labute approximate surface area is 152 Å². The second-order valence-corrected chi connectivity index (χ2v) is 6.27. The first-order chi connectivity index (χ1) is 12.7. The zero-order chi connectivity index (χ0) is 18.5. The van der Waals surface area contributed by atoms with E-state index in [0.717, 1.165) is 31.5 Å². The molecule has 0 saturated carbocycles. The summed E-state index contributed by atoms with van der Waals surface area (Å²) in [7, 11) is 1.64. The summed E-state index contributed by atoms with van der Waals surface area (Å²) >= 11 is 0. The lowest BCUT2D eigenvalue weighted by atomic mass is 10.1. The summed E-state index contributed by atoms with van der Waals surface area (Å²) in [6.07, 6.45) is 4.71. The molecule has 0 N–H and O–H groups in total. The van der Waals surface area contributed by atoms with Crippen LogP contribution >= 0.6 is 0 Å². The van der Waals surface area contributed by atoms with E-state index in [1.165, 1.54) is 17.2 Å². The van der Waals surface area contributed by atoms with Gasteiger partial charge in [0, 0.05) is 26.3 Å². The molecule has 1 aliphatic heterocycles. The number of rotatable bonds is 4. The molecule has 0 aliphatic carbocycles. The Hall–Kier alpha value is -3.14. The van der Waals surface area contributed by atoms with Crippen molar-refractivity contribution in [3.05, 3.63) is 64.3 Å². The Morgan fingerprint density at radius 1 is 1.31 bits per heavy atom. The number of nitrogens with zero attached hydrogens (tertiary/aromatic N) is 6. The van der Waals surface area contributed by atoms with E-state index in [4.69, 9.17) is 0 Å². The Morgan fingerprint density at radius 3 is 2.73 bits per heavy atom. The summed E-state index contributed by atoms with van der Waals surface area (Å²) in [6.45, 7) is 5.61. The number of anilines is 1. The van der Waals surface area contributed by atoms with Crippen molar-refractivity contribution >= 4 is 5.95 Å². The molecular formula is C19H22N6O. The third-order valence-corrected chi connectivity index (χ3v) is 4.57. The molecule has 0 amide bonds. The van der Waals surface area contributed by atoms with Crippen molar-refractivity contribution in [3.63, 3.8) is 0 Å². The van der Waals surface area contributed by atoms with Crippen molar-refractivity contribution in [1.29, 1.82) is 5.26 Å². The second kappa shape index (κ2) is 7.83. The average molecular weight is 350 g/mol. The van der Waals surface area contributed by atoms with Crippen LogP contribution in [0, 0.1) is 11.3 Å². The van der Waals surface area contributed by atoms with Crippen LogP contribution in [0.4, 0.5) is 5.95 Å². The summed E-state index contributed by atoms with van der Waals surface area (Å²) in [5.74, 6) is 0.598. The topological polar surface area (TPSA) is 79.2 Å². The fourth-order valence-corrected chi connectivity index (χ4v) is 3.19. The van der Waals surface area contributed by atoms with Gasteiger partial charge in [-0.3, -0.25) is 9.13 Å². The number of hydrogen-bond donors (Lipinski definition) is 0. The third kappa shape index (κ3) is 3.45. The summed E-state index contributed by atoms with van der Waals surface area (Å²) in [5.41, 5.74) is 1.47. The second-order valence-electron chi connectivity index (χ2n) is 6.27. The van der Waals surface area contributed by atoms with Gasteiger partial charge >= 0.3 is 5.69 Å². The van der Waals surface area contributed by atoms with Gasteiger partial charge in [-0.15, -0.1) is 0 Å². The summed E-state index contributed by atoms with van der Waals surface area (Å²) in [5, 5.41) is 9.36. The quantitative estimate of drug-likeness (QED) is 0.838. The molecule has 2 heterocycles. The highest BCUT2D eigenvalue weighted by atomic mass is 16.1. The van der Waals surface area contributed by atoms with Gasteiger partial charge in [-0.25, -0.2) is 9.79 Å². The first-order valence-corrected chi connectivity index (χ1v) is 8.71. The zero-order valence-electron chi connectivity index (χ0n) is 14.9. The van der Waals surface area contributed by atoms with Gasteiger partial charge in [0.05, 0.1) is 18.2 Å². The molecule has 1 aliphatic rings. The molecule has 7 nitrogen and oxygen atoms in total. The van der Waals surface area contributed by atoms with Gasteiger partial charge in [-0.1, -0.05) is 24.8 Å². The molecule has 0 spiro atoms. The fourth-order valence-electron chi connectivity index (χ4n) is 3.19. The summed E-state index contributed by atoms with van der Waals surface area (Å²) in [6, 6.07) is 9.51. The lowest BCUT2D eigenvalue weighted by molar-refractivity contribution is 0.528. The van der Waals surface area contributed by atoms with Crippen LogP contribution in [0.15, 0.2) is 46.8 Å². The van der Waals surface area contributed by atoms with Gasteiger partial charge in [0.15, 0.2) is 0 Å². The van der Waals surface area contributed by atoms with Crippen molar-refractivity contribution in [1.82, 2.24) is 14.1 Å². The van der Waals surface area contributed by atoms with Crippen LogP contribution in [0.3, 0.4) is 0 Å². The molecule has 134 valence electrons. The molecule has 26 heavy (non-hydrogen) atoms. The Balaban J connectivity index is 2.17. The molecule has 0 unspecified atom stereocenters. The van der Waals surface area contributed by atoms with Crippen LogP contribution in [0.25, 0.3) is 0 Å². The van der Waals surface area contributed by atoms with E-state index < -0.39 is 0 Å². The zero-order valence-corrected chi connectivity index (χ0v) is 14.9. The lowest BCUT2D eigenvalue weighted by Gasteiger charge is -2.29. The average Bonchev–Trinajstić information content (AvgIpc) is 2.68. The van der Waals surface area contributed by atoms with Crippen molar-refractivity contribution in [2.45, 2.75) is 25.8 Å². The third-order valence-electron chi connectivity index (χ3n) is 4.57. The minimum atomic E-state index is -0.214. The highest BCUT2D eigenvalue weighted by molar-refractivity contribution is 5.39. The molecule has 2 aromatic rings. The lowest BCUT2D eigenvalue weighted by Crippen LogP contribution is -2.45. The highest BCUT2D eigenvalue weighted by Crippen LogP contribution is 2.17. The largest absolute Gasteiger partial charge is 0.342 e. The highest BCUT2D eigenvalue weighted by Gasteiger charge is 2.19. The first-order valence-electron chi connectivity index (χ1n) is 8.71. The predicted molar refractivity (Wildman–Crippen MR) is 99.6 cm³/mol. The normalized spacial score (nSPS) is 14.9. The van der Waals surface area contributed by atoms with Gasteiger partial charge in [-0.05, 0) is 30.9 Å². The van der Waals surface area contributed by atoms with E-state index in [0.29, 0.717) is 23.7 Å². The van der Waals surface area contributed by atoms with E-state index in [1.807, 2.05) is 18.2 Å². The molecule has 1 aromatic heterocycles. The van der Waals surface area contributed by atoms with Gasteiger partial charge in [0.25, 0.3) is 0 Å². The number of nitriles is 1. The van der Waals surface area contributed by atoms with Crippen molar-refractivity contribution < 1.29 is 0 Å². The van der Waals surface area contributed by atoms with Crippen LogP contribution in [0.2, 0.25) is 0 Å². The van der Waals surface area contributed by atoms with Crippen LogP contribution in [-0.2, 0) is 13.6 Å². The van der Waals surface area contributed by atoms with E-state index in [1.54, 1.807) is 17.7 Å². The van der Waals surface area contributed by atoms with E-state index in [9.17, 15) is 10.1 Å². The SMILES string of the molecule is C=CN=c1nc(N2CCCCC2)n(Cc2ccccc2C#N)c(=O)n1C. The van der Waals surface area contributed by atoms with Gasteiger partial charge in [-0.2, -0.15) is 10.2 Å². The van der Waals surface area contributed by atoms with Crippen molar-refractivity contribution in [2.75, 3.05) is 18.0 Å². The van der Waals surface area contributed by atoms with Crippen LogP contribution in [-0.4, -0.2) is 27.2 Å². The Morgan fingerprint density at radius 2 is 2.04 bits per heavy atom. The minimum absolute atomic E-state index is 0.214. The van der Waals surface area contributed by atoms with Gasteiger partial charge < -0.3 is 4.90 Å². The molecule has 1 fully saturated rings. The number of benzene rings is 1. The maximum absolute atomic E-state index is 13.0. The van der Waals surface area contributed by atoms with E-state index in [-0.39, 0.29) is 5.69 Å². The standard InChI is InChI=1S/C19H22N6O/c1-3-21-17-22-18(24-11-7-4-8-12-24)25(19(26)23(17)2)14-16-10-6-5-9-15(16)13-20/h3,5-6,9-10H,1,4,7-8,11-12,14H2,2H3. The molecule has 1 saturated heterocycles. The number of hydrogen-bond acceptors (Lipinski definition) is 5. The Bertz CT molecular complexity index is 973. The van der Waals surface area contributed by atoms with Gasteiger partial charge in [0.2, 0.25) is 11.6 Å². The fraction of sp³-hybridized carbons (Fsp3) is 0.368. The number of aromatic nitrogens is 3. The molecule has 0 radical (unpaired) electrons.